The van der Waals surface area contributed by atoms with Gasteiger partial charge in [0.15, 0.2) is 0 Å². The number of ether oxygens (including phenoxy) is 1. The van der Waals surface area contributed by atoms with Gasteiger partial charge in [0, 0.05) is 15.6 Å². The molecule has 0 radical (unpaired) electrons. The lowest BCUT2D eigenvalue weighted by atomic mass is 10.2. The molecule has 1 unspecified atom stereocenters. The number of hydrogen-bond donors (Lipinski definition) is 1. The minimum Gasteiger partial charge on any atom is -0.465 e. The molecule has 1 atom stereocenters. The van der Waals surface area contributed by atoms with Gasteiger partial charge in [0.1, 0.15) is 5.25 Å². The fourth-order valence-electron chi connectivity index (χ4n) is 1.50. The highest BCUT2D eigenvalue weighted by Gasteiger charge is 2.21. The van der Waals surface area contributed by atoms with Crippen molar-refractivity contribution in [2.75, 3.05) is 12.3 Å². The molecular weight excluding hydrogens is 270 g/mol. The maximum atomic E-state index is 11.8. The van der Waals surface area contributed by atoms with Gasteiger partial charge in [-0.2, -0.15) is 0 Å². The van der Waals surface area contributed by atoms with Crippen LogP contribution in [0.1, 0.15) is 26.7 Å². The minimum absolute atomic E-state index is 0.182. The topological polar surface area (TPSA) is 52.3 Å². The lowest BCUT2D eigenvalue weighted by Gasteiger charge is -2.15. The molecule has 0 aliphatic rings. The summed E-state index contributed by atoms with van der Waals surface area (Å²) in [6, 6.07) is 5.30. The lowest BCUT2D eigenvalue weighted by molar-refractivity contribution is -0.142. The van der Waals surface area contributed by atoms with Crippen molar-refractivity contribution in [1.29, 1.82) is 0 Å². The molecule has 0 aliphatic carbocycles. The van der Waals surface area contributed by atoms with Crippen LogP contribution >= 0.6 is 23.4 Å². The summed E-state index contributed by atoms with van der Waals surface area (Å²) in [6.07, 6.45) is 1.69. The van der Waals surface area contributed by atoms with Crippen molar-refractivity contribution in [3.8, 4) is 0 Å². The van der Waals surface area contributed by atoms with Crippen molar-refractivity contribution in [2.24, 2.45) is 0 Å². The molecule has 0 heterocycles. The number of carbonyl (C=O) groups excluding carboxylic acids is 1. The van der Waals surface area contributed by atoms with Crippen LogP contribution in [0.5, 0.6) is 0 Å². The largest absolute Gasteiger partial charge is 0.465 e. The van der Waals surface area contributed by atoms with Crippen molar-refractivity contribution in [2.45, 2.75) is 36.8 Å². The van der Waals surface area contributed by atoms with Crippen molar-refractivity contribution >= 4 is 35.0 Å². The van der Waals surface area contributed by atoms with E-state index in [1.807, 2.05) is 19.9 Å². The van der Waals surface area contributed by atoms with Gasteiger partial charge in [0.25, 0.3) is 0 Å². The van der Waals surface area contributed by atoms with Crippen LogP contribution < -0.4 is 5.73 Å². The van der Waals surface area contributed by atoms with Gasteiger partial charge in [-0.25, -0.2) is 0 Å². The highest BCUT2D eigenvalue weighted by molar-refractivity contribution is 8.00. The van der Waals surface area contributed by atoms with E-state index in [0.29, 0.717) is 17.3 Å². The minimum atomic E-state index is -0.210. The van der Waals surface area contributed by atoms with Crippen LogP contribution in [0.15, 0.2) is 23.1 Å². The van der Waals surface area contributed by atoms with E-state index in [1.165, 1.54) is 11.8 Å². The van der Waals surface area contributed by atoms with Crippen molar-refractivity contribution < 1.29 is 9.53 Å². The summed E-state index contributed by atoms with van der Waals surface area (Å²) in [5.74, 6) is -0.182. The molecule has 3 nitrogen and oxygen atoms in total. The molecule has 0 amide bonds. The van der Waals surface area contributed by atoms with Crippen molar-refractivity contribution in [1.82, 2.24) is 0 Å². The number of hydrogen-bond acceptors (Lipinski definition) is 4. The van der Waals surface area contributed by atoms with Crippen molar-refractivity contribution in [3.63, 3.8) is 0 Å². The number of benzene rings is 1. The molecule has 0 saturated carbocycles. The van der Waals surface area contributed by atoms with Gasteiger partial charge in [-0.15, -0.1) is 11.8 Å². The number of rotatable bonds is 6. The number of anilines is 1. The summed E-state index contributed by atoms with van der Waals surface area (Å²) in [7, 11) is 0. The third-order valence-electron chi connectivity index (χ3n) is 2.34. The first kappa shape index (κ1) is 15.2. The Labute approximate surface area is 117 Å². The van der Waals surface area contributed by atoms with E-state index in [0.717, 1.165) is 17.7 Å². The molecular formula is C13H18ClNO2S. The SMILES string of the molecule is CCCC(Sc1ccc(Cl)cc1N)C(=O)OCC. The molecule has 0 bridgehead atoms. The van der Waals surface area contributed by atoms with E-state index >= 15 is 0 Å². The van der Waals surface area contributed by atoms with Crippen LogP contribution in [-0.2, 0) is 9.53 Å². The molecule has 18 heavy (non-hydrogen) atoms. The normalized spacial score (nSPS) is 12.2. The highest BCUT2D eigenvalue weighted by Crippen LogP contribution is 2.33. The zero-order chi connectivity index (χ0) is 13.5. The Morgan fingerprint density at radius 2 is 2.22 bits per heavy atom. The molecule has 0 spiro atoms. The maximum Gasteiger partial charge on any atom is 0.319 e. The smallest absolute Gasteiger partial charge is 0.319 e. The Hall–Kier alpha value is -0.870. The van der Waals surface area contributed by atoms with E-state index in [1.54, 1.807) is 12.1 Å². The Balaban J connectivity index is 2.79. The van der Waals surface area contributed by atoms with E-state index in [-0.39, 0.29) is 11.2 Å². The molecule has 0 aromatic heterocycles. The van der Waals surface area contributed by atoms with E-state index in [9.17, 15) is 4.79 Å². The number of esters is 1. The van der Waals surface area contributed by atoms with Crippen molar-refractivity contribution in [3.05, 3.63) is 23.2 Å². The second-order valence-corrected chi connectivity index (χ2v) is 5.51. The molecule has 2 N–H and O–H groups in total. The molecule has 100 valence electrons. The molecule has 1 aromatic rings. The second-order valence-electron chi connectivity index (χ2n) is 3.83. The zero-order valence-electron chi connectivity index (χ0n) is 10.6. The van der Waals surface area contributed by atoms with Gasteiger partial charge in [-0.3, -0.25) is 4.79 Å². The number of thioether (sulfide) groups is 1. The van der Waals surface area contributed by atoms with E-state index < -0.39 is 0 Å². The number of nitrogen functional groups attached to an aromatic ring is 1. The first-order valence-electron chi connectivity index (χ1n) is 5.96. The number of nitrogens with two attached hydrogens (primary N) is 1. The average molecular weight is 288 g/mol. The van der Waals surface area contributed by atoms with Crippen LogP contribution in [0.2, 0.25) is 5.02 Å². The average Bonchev–Trinajstić information content (AvgIpc) is 2.32. The monoisotopic (exact) mass is 287 g/mol. The highest BCUT2D eigenvalue weighted by atomic mass is 35.5. The fourth-order valence-corrected chi connectivity index (χ4v) is 2.85. The summed E-state index contributed by atoms with van der Waals surface area (Å²) in [5.41, 5.74) is 6.48. The first-order valence-corrected chi connectivity index (χ1v) is 7.22. The molecule has 0 aliphatic heterocycles. The third kappa shape index (κ3) is 4.42. The van der Waals surface area contributed by atoms with Gasteiger partial charge in [-0.1, -0.05) is 24.9 Å². The summed E-state index contributed by atoms with van der Waals surface area (Å²) in [6.45, 7) is 4.25. The molecule has 0 saturated heterocycles. The second kappa shape index (κ2) is 7.54. The predicted octanol–water partition coefficient (Wildman–Crippen LogP) is 3.75. The molecule has 1 aromatic carbocycles. The summed E-state index contributed by atoms with van der Waals surface area (Å²) in [5, 5.41) is 0.387. The van der Waals surface area contributed by atoms with Gasteiger partial charge in [0.2, 0.25) is 0 Å². The quantitative estimate of drug-likeness (QED) is 0.492. The van der Waals surface area contributed by atoms with Gasteiger partial charge >= 0.3 is 5.97 Å². The zero-order valence-corrected chi connectivity index (χ0v) is 12.2. The van der Waals surface area contributed by atoms with Crippen LogP contribution in [0, 0.1) is 0 Å². The van der Waals surface area contributed by atoms with Crippen LogP contribution in [0.25, 0.3) is 0 Å². The van der Waals surface area contributed by atoms with Gasteiger partial charge in [0.05, 0.1) is 6.61 Å². The van der Waals surface area contributed by atoms with Gasteiger partial charge in [-0.05, 0) is 31.5 Å². The first-order chi connectivity index (χ1) is 8.58. The van der Waals surface area contributed by atoms with E-state index in [2.05, 4.69) is 0 Å². The number of carbonyl (C=O) groups is 1. The molecule has 5 heteroatoms. The summed E-state index contributed by atoms with van der Waals surface area (Å²) >= 11 is 7.28. The fraction of sp³-hybridized carbons (Fsp3) is 0.462. The Morgan fingerprint density at radius 1 is 1.50 bits per heavy atom. The summed E-state index contributed by atoms with van der Waals surface area (Å²) in [4.78, 5) is 12.7. The van der Waals surface area contributed by atoms with Crippen LogP contribution in [-0.4, -0.2) is 17.8 Å². The Kier molecular flexibility index (Phi) is 6.36. The maximum absolute atomic E-state index is 11.8. The van der Waals surface area contributed by atoms with E-state index in [4.69, 9.17) is 22.1 Å². The number of halogens is 1. The van der Waals surface area contributed by atoms with Crippen LogP contribution in [0.4, 0.5) is 5.69 Å². The Morgan fingerprint density at radius 3 is 2.78 bits per heavy atom. The van der Waals surface area contributed by atoms with Gasteiger partial charge < -0.3 is 10.5 Å². The predicted molar refractivity (Wildman–Crippen MR) is 77.1 cm³/mol. The standard InChI is InChI=1S/C13H18ClNO2S/c1-3-5-12(13(16)17-4-2)18-11-7-6-9(14)8-10(11)15/h6-8,12H,3-5,15H2,1-2H3. The lowest BCUT2D eigenvalue weighted by Crippen LogP contribution is -2.20. The Bertz CT molecular complexity index is 412. The van der Waals surface area contributed by atoms with Crippen LogP contribution in [0.3, 0.4) is 0 Å². The third-order valence-corrected chi connectivity index (χ3v) is 3.91. The summed E-state index contributed by atoms with van der Waals surface area (Å²) < 4.78 is 5.07. The molecule has 0 fully saturated rings. The molecule has 1 rings (SSSR count).